The molecule has 0 saturated carbocycles. The molecule has 0 radical (unpaired) electrons. The van der Waals surface area contributed by atoms with E-state index in [2.05, 4.69) is 20.5 Å². The van der Waals surface area contributed by atoms with Gasteiger partial charge in [-0.05, 0) is 12.3 Å². The van der Waals surface area contributed by atoms with Gasteiger partial charge in [0.05, 0.1) is 5.56 Å². The fourth-order valence-electron chi connectivity index (χ4n) is 1.91. The van der Waals surface area contributed by atoms with Crippen molar-refractivity contribution in [1.29, 1.82) is 0 Å². The lowest BCUT2D eigenvalue weighted by atomic mass is 10.1. The zero-order valence-corrected chi connectivity index (χ0v) is 11.4. The maximum absolute atomic E-state index is 12.3. The van der Waals surface area contributed by atoms with Gasteiger partial charge < -0.3 is 5.73 Å². The molecule has 6 nitrogen and oxygen atoms in total. The van der Waals surface area contributed by atoms with E-state index in [4.69, 9.17) is 5.73 Å². The molecular formula is C13H11N5OS. The maximum Gasteiger partial charge on any atom is 0.259 e. The molecule has 3 rings (SSSR count). The van der Waals surface area contributed by atoms with Gasteiger partial charge in [0.25, 0.3) is 5.91 Å². The number of aryl methyl sites for hydroxylation is 1. The van der Waals surface area contributed by atoms with Crippen LogP contribution in [0.3, 0.4) is 0 Å². The van der Waals surface area contributed by atoms with Crippen LogP contribution in [0.5, 0.6) is 0 Å². The second-order valence-electron chi connectivity index (χ2n) is 4.18. The van der Waals surface area contributed by atoms with Crippen LogP contribution in [0.1, 0.15) is 15.4 Å². The van der Waals surface area contributed by atoms with Crippen LogP contribution in [0.2, 0.25) is 0 Å². The van der Waals surface area contributed by atoms with Gasteiger partial charge in [-0.25, -0.2) is 4.98 Å². The molecule has 2 aromatic heterocycles. The average molecular weight is 285 g/mol. The van der Waals surface area contributed by atoms with E-state index in [9.17, 15) is 4.79 Å². The quantitative estimate of drug-likeness (QED) is 0.753. The number of pyridine rings is 1. The van der Waals surface area contributed by atoms with E-state index >= 15 is 0 Å². The standard InChI is InChI=1S/C13H11N5OS/c1-7-17-18-13(20-7)16-12(19)10-6-15-11(14)9-5-3-2-4-8(9)10/h2-6H,1H3,(H2,14,15)(H,16,18,19). The van der Waals surface area contributed by atoms with Crippen LogP contribution < -0.4 is 11.1 Å². The summed E-state index contributed by atoms with van der Waals surface area (Å²) in [6.07, 6.45) is 1.47. The Bertz CT molecular complexity index is 798. The van der Waals surface area contributed by atoms with Crippen molar-refractivity contribution in [2.24, 2.45) is 0 Å². The lowest BCUT2D eigenvalue weighted by molar-refractivity contribution is 0.102. The van der Waals surface area contributed by atoms with Crippen molar-refractivity contribution in [3.63, 3.8) is 0 Å². The minimum Gasteiger partial charge on any atom is -0.383 e. The first kappa shape index (κ1) is 12.5. The molecule has 0 aliphatic rings. The molecule has 0 fully saturated rings. The zero-order valence-electron chi connectivity index (χ0n) is 10.6. The van der Waals surface area contributed by atoms with Gasteiger partial charge in [0.15, 0.2) is 0 Å². The summed E-state index contributed by atoms with van der Waals surface area (Å²) in [4.78, 5) is 16.4. The summed E-state index contributed by atoms with van der Waals surface area (Å²) in [6.45, 7) is 1.83. The maximum atomic E-state index is 12.3. The summed E-state index contributed by atoms with van der Waals surface area (Å²) < 4.78 is 0. The highest BCUT2D eigenvalue weighted by Gasteiger charge is 2.14. The number of rotatable bonds is 2. The van der Waals surface area contributed by atoms with Crippen molar-refractivity contribution in [1.82, 2.24) is 15.2 Å². The number of benzene rings is 1. The van der Waals surface area contributed by atoms with Crippen LogP contribution in [-0.4, -0.2) is 21.1 Å². The van der Waals surface area contributed by atoms with Crippen molar-refractivity contribution >= 4 is 39.0 Å². The third-order valence-electron chi connectivity index (χ3n) is 2.82. The van der Waals surface area contributed by atoms with Gasteiger partial charge >= 0.3 is 0 Å². The Balaban J connectivity index is 2.01. The van der Waals surface area contributed by atoms with Crippen molar-refractivity contribution in [2.75, 3.05) is 11.1 Å². The van der Waals surface area contributed by atoms with Gasteiger partial charge in [0.1, 0.15) is 10.8 Å². The Kier molecular flexibility index (Phi) is 3.03. The highest BCUT2D eigenvalue weighted by Crippen LogP contribution is 2.23. The number of nitrogens with two attached hydrogens (primary N) is 1. The molecule has 0 aliphatic heterocycles. The van der Waals surface area contributed by atoms with E-state index < -0.39 is 0 Å². The number of anilines is 2. The molecule has 0 atom stereocenters. The predicted octanol–water partition coefficient (Wildman–Crippen LogP) is 2.23. The molecule has 7 heteroatoms. The molecule has 2 heterocycles. The van der Waals surface area contributed by atoms with Gasteiger partial charge in [-0.3, -0.25) is 10.1 Å². The van der Waals surface area contributed by atoms with Gasteiger partial charge in [0.2, 0.25) is 5.13 Å². The van der Waals surface area contributed by atoms with Crippen LogP contribution in [0.15, 0.2) is 30.5 Å². The highest BCUT2D eigenvalue weighted by atomic mass is 32.1. The second kappa shape index (κ2) is 4.86. The first-order valence-electron chi connectivity index (χ1n) is 5.90. The summed E-state index contributed by atoms with van der Waals surface area (Å²) >= 11 is 1.32. The lowest BCUT2D eigenvalue weighted by Crippen LogP contribution is -2.13. The highest BCUT2D eigenvalue weighted by molar-refractivity contribution is 7.15. The number of nitrogen functional groups attached to an aromatic ring is 1. The van der Waals surface area contributed by atoms with Crippen LogP contribution >= 0.6 is 11.3 Å². The number of amides is 1. The van der Waals surface area contributed by atoms with E-state index in [1.165, 1.54) is 17.5 Å². The monoisotopic (exact) mass is 285 g/mol. The number of nitrogens with one attached hydrogen (secondary N) is 1. The van der Waals surface area contributed by atoms with E-state index in [1.54, 1.807) is 0 Å². The predicted molar refractivity (Wildman–Crippen MR) is 78.8 cm³/mol. The van der Waals surface area contributed by atoms with Crippen LogP contribution in [0, 0.1) is 6.92 Å². The minimum absolute atomic E-state index is 0.273. The topological polar surface area (TPSA) is 93.8 Å². The van der Waals surface area contributed by atoms with E-state index in [0.717, 1.165) is 15.8 Å². The van der Waals surface area contributed by atoms with Gasteiger partial charge in [0, 0.05) is 11.6 Å². The smallest absolute Gasteiger partial charge is 0.259 e. The Labute approximate surface area is 118 Å². The first-order chi connectivity index (χ1) is 9.65. The second-order valence-corrected chi connectivity index (χ2v) is 5.36. The number of aromatic nitrogens is 3. The molecule has 0 spiro atoms. The number of carbonyl (C=O) groups is 1. The van der Waals surface area contributed by atoms with Gasteiger partial charge in [-0.15, -0.1) is 10.2 Å². The number of carbonyl (C=O) groups excluding carboxylic acids is 1. The third kappa shape index (κ3) is 2.19. The zero-order chi connectivity index (χ0) is 14.1. The number of hydrogen-bond acceptors (Lipinski definition) is 6. The molecule has 20 heavy (non-hydrogen) atoms. The summed E-state index contributed by atoms with van der Waals surface area (Å²) in [5.41, 5.74) is 6.28. The Morgan fingerprint density at radius 1 is 1.25 bits per heavy atom. The van der Waals surface area contributed by atoms with Gasteiger partial charge in [-0.1, -0.05) is 35.6 Å². The molecule has 0 unspecified atom stereocenters. The number of nitrogens with zero attached hydrogens (tertiary/aromatic N) is 3. The van der Waals surface area contributed by atoms with Crippen molar-refractivity contribution < 1.29 is 4.79 Å². The average Bonchev–Trinajstić information content (AvgIpc) is 2.84. The fraction of sp³-hybridized carbons (Fsp3) is 0.0769. The summed E-state index contributed by atoms with van der Waals surface area (Å²) in [7, 11) is 0. The summed E-state index contributed by atoms with van der Waals surface area (Å²) in [5.74, 6) is 0.133. The molecule has 0 aliphatic carbocycles. The van der Waals surface area contributed by atoms with Crippen molar-refractivity contribution in [3.8, 4) is 0 Å². The molecule has 0 saturated heterocycles. The number of hydrogen-bond donors (Lipinski definition) is 2. The largest absolute Gasteiger partial charge is 0.383 e. The Morgan fingerprint density at radius 2 is 2.00 bits per heavy atom. The van der Waals surface area contributed by atoms with E-state index in [0.29, 0.717) is 16.5 Å². The first-order valence-corrected chi connectivity index (χ1v) is 6.71. The summed E-state index contributed by atoms with van der Waals surface area (Å²) in [6, 6.07) is 7.39. The van der Waals surface area contributed by atoms with Crippen molar-refractivity contribution in [3.05, 3.63) is 41.0 Å². The number of fused-ring (bicyclic) bond motifs is 1. The summed E-state index contributed by atoms with van der Waals surface area (Å²) in [5, 5.41) is 13.2. The minimum atomic E-state index is -0.273. The lowest BCUT2D eigenvalue weighted by Gasteiger charge is -2.07. The van der Waals surface area contributed by atoms with Crippen LogP contribution in [0.4, 0.5) is 10.9 Å². The Hall–Kier alpha value is -2.54. The van der Waals surface area contributed by atoms with Crippen molar-refractivity contribution in [2.45, 2.75) is 6.92 Å². The molecule has 100 valence electrons. The SMILES string of the molecule is Cc1nnc(NC(=O)c2cnc(N)c3ccccc23)s1. The molecular weight excluding hydrogens is 274 g/mol. The third-order valence-corrected chi connectivity index (χ3v) is 3.57. The molecule has 1 aromatic carbocycles. The molecule has 3 N–H and O–H groups in total. The van der Waals surface area contributed by atoms with E-state index in [-0.39, 0.29) is 5.91 Å². The van der Waals surface area contributed by atoms with Crippen LogP contribution in [-0.2, 0) is 0 Å². The fourth-order valence-corrected chi connectivity index (χ4v) is 2.49. The van der Waals surface area contributed by atoms with E-state index in [1.807, 2.05) is 31.2 Å². The molecule has 1 amide bonds. The molecule has 3 aromatic rings. The molecule has 0 bridgehead atoms. The Morgan fingerprint density at radius 3 is 2.70 bits per heavy atom. The van der Waals surface area contributed by atoms with Crippen LogP contribution in [0.25, 0.3) is 10.8 Å². The normalized spacial score (nSPS) is 10.7. The van der Waals surface area contributed by atoms with Gasteiger partial charge in [-0.2, -0.15) is 0 Å².